The normalized spacial score (nSPS) is 15.8. The highest BCUT2D eigenvalue weighted by Gasteiger charge is 2.12. The number of carbonyl (C=O) groups is 1. The molecule has 0 aromatic heterocycles. The quantitative estimate of drug-likeness (QED) is 0.484. The molecule has 0 spiro atoms. The molecule has 0 aliphatic carbocycles. The van der Waals surface area contributed by atoms with E-state index in [0.717, 1.165) is 26.2 Å². The van der Waals surface area contributed by atoms with Crippen molar-refractivity contribution in [3.8, 4) is 0 Å². The van der Waals surface area contributed by atoms with Crippen LogP contribution in [-0.2, 0) is 4.74 Å². The average molecular weight is 279 g/mol. The Kier molecular flexibility index (Phi) is 5.03. The van der Waals surface area contributed by atoms with Crippen LogP contribution in [0.25, 0.3) is 0 Å². The second kappa shape index (κ2) is 6.97. The summed E-state index contributed by atoms with van der Waals surface area (Å²) in [7, 11) is 0. The van der Waals surface area contributed by atoms with Crippen molar-refractivity contribution in [2.45, 2.75) is 0 Å². The van der Waals surface area contributed by atoms with Crippen molar-refractivity contribution in [1.82, 2.24) is 10.2 Å². The lowest BCUT2D eigenvalue weighted by Gasteiger charge is -2.26. The van der Waals surface area contributed by atoms with Crippen LogP contribution in [0.1, 0.15) is 10.4 Å². The maximum Gasteiger partial charge on any atom is 0.338 e. The summed E-state index contributed by atoms with van der Waals surface area (Å²) in [5.41, 5.74) is 0.290. The molecule has 1 aromatic rings. The predicted octanol–water partition coefficient (Wildman–Crippen LogP) is 0.657. The Morgan fingerprint density at radius 1 is 1.30 bits per heavy atom. The second-order valence-corrected chi connectivity index (χ2v) is 4.53. The zero-order valence-electron chi connectivity index (χ0n) is 11.1. The van der Waals surface area contributed by atoms with Crippen molar-refractivity contribution in [3.05, 3.63) is 39.9 Å². The zero-order chi connectivity index (χ0) is 14.4. The molecule has 1 heterocycles. The molecule has 108 valence electrons. The fourth-order valence-electron chi connectivity index (χ4n) is 2.00. The van der Waals surface area contributed by atoms with Crippen molar-refractivity contribution >= 4 is 11.7 Å². The third-order valence-corrected chi connectivity index (χ3v) is 3.16. The number of piperazine rings is 1. The molecule has 7 nitrogen and oxygen atoms in total. The standard InChI is InChI=1S/C13H17N3O4/c17-13(11-1-3-12(4-2-11)16(18)19)20-10-9-15-7-5-14-6-8-15/h1-4,14H,5-10H2. The van der Waals surface area contributed by atoms with Crippen molar-refractivity contribution in [1.29, 1.82) is 0 Å². The SMILES string of the molecule is O=C(OCCN1CCNCC1)c1ccc([N+](=O)[O-])cc1. The van der Waals surface area contributed by atoms with Gasteiger partial charge in [-0.1, -0.05) is 0 Å². The number of rotatable bonds is 5. The van der Waals surface area contributed by atoms with E-state index in [4.69, 9.17) is 4.74 Å². The van der Waals surface area contributed by atoms with Gasteiger partial charge in [-0.3, -0.25) is 15.0 Å². The molecular formula is C13H17N3O4. The number of hydrogen-bond donors (Lipinski definition) is 1. The van der Waals surface area contributed by atoms with Gasteiger partial charge < -0.3 is 10.1 Å². The Morgan fingerprint density at radius 3 is 2.55 bits per heavy atom. The summed E-state index contributed by atoms with van der Waals surface area (Å²) in [6, 6.07) is 5.41. The Hall–Kier alpha value is -1.99. The monoisotopic (exact) mass is 279 g/mol. The Balaban J connectivity index is 1.77. The molecule has 0 amide bonds. The van der Waals surface area contributed by atoms with E-state index in [2.05, 4.69) is 10.2 Å². The van der Waals surface area contributed by atoms with Crippen LogP contribution in [-0.4, -0.2) is 55.1 Å². The molecule has 0 unspecified atom stereocenters. The topological polar surface area (TPSA) is 84.7 Å². The number of nitrogens with one attached hydrogen (secondary N) is 1. The molecule has 7 heteroatoms. The van der Waals surface area contributed by atoms with Crippen LogP contribution in [0.15, 0.2) is 24.3 Å². The molecular weight excluding hydrogens is 262 g/mol. The van der Waals surface area contributed by atoms with Crippen LogP contribution < -0.4 is 5.32 Å². The molecule has 0 radical (unpaired) electrons. The third-order valence-electron chi connectivity index (χ3n) is 3.16. The van der Waals surface area contributed by atoms with Gasteiger partial charge in [-0.25, -0.2) is 4.79 Å². The minimum atomic E-state index is -0.500. The highest BCUT2D eigenvalue weighted by Crippen LogP contribution is 2.12. The van der Waals surface area contributed by atoms with E-state index in [1.165, 1.54) is 24.3 Å². The van der Waals surface area contributed by atoms with Crippen LogP contribution in [0.5, 0.6) is 0 Å². The number of non-ortho nitro benzene ring substituents is 1. The van der Waals surface area contributed by atoms with Gasteiger partial charge in [0, 0.05) is 44.9 Å². The smallest absolute Gasteiger partial charge is 0.338 e. The molecule has 1 saturated heterocycles. The number of ether oxygens (including phenoxy) is 1. The maximum absolute atomic E-state index is 11.7. The molecule has 2 rings (SSSR count). The fourth-order valence-corrected chi connectivity index (χ4v) is 2.00. The summed E-state index contributed by atoms with van der Waals surface area (Å²) in [6.07, 6.45) is 0. The molecule has 1 N–H and O–H groups in total. The number of nitro benzene ring substituents is 1. The summed E-state index contributed by atoms with van der Waals surface area (Å²) < 4.78 is 5.16. The highest BCUT2D eigenvalue weighted by molar-refractivity contribution is 5.89. The van der Waals surface area contributed by atoms with Gasteiger partial charge >= 0.3 is 5.97 Å². The van der Waals surface area contributed by atoms with Crippen LogP contribution in [0, 0.1) is 10.1 Å². The maximum atomic E-state index is 11.7. The van der Waals surface area contributed by atoms with E-state index in [-0.39, 0.29) is 5.69 Å². The van der Waals surface area contributed by atoms with Gasteiger partial charge in [0.05, 0.1) is 10.5 Å². The summed E-state index contributed by atoms with van der Waals surface area (Å²) in [6.45, 7) is 4.85. The molecule has 1 fully saturated rings. The van der Waals surface area contributed by atoms with Crippen molar-refractivity contribution in [2.24, 2.45) is 0 Å². The lowest BCUT2D eigenvalue weighted by atomic mass is 10.2. The lowest BCUT2D eigenvalue weighted by Crippen LogP contribution is -2.44. The Labute approximate surface area is 116 Å². The first kappa shape index (κ1) is 14.4. The van der Waals surface area contributed by atoms with E-state index in [1.54, 1.807) is 0 Å². The van der Waals surface area contributed by atoms with Crippen LogP contribution in [0.3, 0.4) is 0 Å². The first-order valence-corrected chi connectivity index (χ1v) is 6.51. The molecule has 0 saturated carbocycles. The van der Waals surface area contributed by atoms with Crippen molar-refractivity contribution < 1.29 is 14.5 Å². The number of nitrogens with zero attached hydrogens (tertiary/aromatic N) is 2. The molecule has 0 bridgehead atoms. The van der Waals surface area contributed by atoms with Gasteiger partial charge in [0.2, 0.25) is 0 Å². The Morgan fingerprint density at radius 2 is 1.95 bits per heavy atom. The van der Waals surface area contributed by atoms with Gasteiger partial charge in [0.15, 0.2) is 0 Å². The minimum Gasteiger partial charge on any atom is -0.461 e. The Bertz CT molecular complexity index is 469. The molecule has 0 atom stereocenters. The number of nitro groups is 1. The van der Waals surface area contributed by atoms with E-state index < -0.39 is 10.9 Å². The lowest BCUT2D eigenvalue weighted by molar-refractivity contribution is -0.384. The third kappa shape index (κ3) is 4.01. The van der Waals surface area contributed by atoms with E-state index in [0.29, 0.717) is 18.7 Å². The van der Waals surface area contributed by atoms with Gasteiger partial charge in [0.1, 0.15) is 6.61 Å². The summed E-state index contributed by atoms with van der Waals surface area (Å²) >= 11 is 0. The number of esters is 1. The predicted molar refractivity (Wildman–Crippen MR) is 72.7 cm³/mol. The first-order valence-electron chi connectivity index (χ1n) is 6.51. The van der Waals surface area contributed by atoms with Crippen LogP contribution in [0.4, 0.5) is 5.69 Å². The summed E-state index contributed by atoms with van der Waals surface area (Å²) in [5, 5.41) is 13.8. The van der Waals surface area contributed by atoms with Gasteiger partial charge in [-0.05, 0) is 12.1 Å². The molecule has 1 aliphatic heterocycles. The summed E-state index contributed by atoms with van der Waals surface area (Å²) in [4.78, 5) is 24.0. The van der Waals surface area contributed by atoms with Crippen molar-refractivity contribution in [2.75, 3.05) is 39.3 Å². The zero-order valence-corrected chi connectivity index (χ0v) is 11.1. The fraction of sp³-hybridized carbons (Fsp3) is 0.462. The largest absolute Gasteiger partial charge is 0.461 e. The first-order chi connectivity index (χ1) is 9.66. The average Bonchev–Trinajstić information content (AvgIpc) is 2.48. The van der Waals surface area contributed by atoms with Crippen LogP contribution in [0.2, 0.25) is 0 Å². The molecule has 1 aromatic carbocycles. The van der Waals surface area contributed by atoms with Gasteiger partial charge in [-0.2, -0.15) is 0 Å². The number of benzene rings is 1. The minimum absolute atomic E-state index is 0.0395. The van der Waals surface area contributed by atoms with E-state index in [1.807, 2.05) is 0 Å². The number of hydrogen-bond acceptors (Lipinski definition) is 6. The van der Waals surface area contributed by atoms with Crippen molar-refractivity contribution in [3.63, 3.8) is 0 Å². The van der Waals surface area contributed by atoms with Gasteiger partial charge in [-0.15, -0.1) is 0 Å². The summed E-state index contributed by atoms with van der Waals surface area (Å²) in [5.74, 6) is -0.449. The van der Waals surface area contributed by atoms with E-state index in [9.17, 15) is 14.9 Å². The van der Waals surface area contributed by atoms with Gasteiger partial charge in [0.25, 0.3) is 5.69 Å². The molecule has 1 aliphatic rings. The van der Waals surface area contributed by atoms with E-state index >= 15 is 0 Å². The molecule has 20 heavy (non-hydrogen) atoms. The highest BCUT2D eigenvalue weighted by atomic mass is 16.6. The van der Waals surface area contributed by atoms with Crippen LogP contribution >= 0.6 is 0 Å². The number of carbonyl (C=O) groups excluding carboxylic acids is 1. The second-order valence-electron chi connectivity index (χ2n) is 4.53.